The van der Waals surface area contributed by atoms with Gasteiger partial charge in [-0.25, -0.2) is 0 Å². The minimum absolute atomic E-state index is 0.0405. The van der Waals surface area contributed by atoms with Crippen LogP contribution < -0.4 is 10.2 Å². The molecule has 0 aliphatic heterocycles. The van der Waals surface area contributed by atoms with Crippen LogP contribution in [0.15, 0.2) is 4.42 Å². The average Bonchev–Trinajstić information content (AvgIpc) is 2.66. The number of hydrogen-bond donors (Lipinski definition) is 2. The van der Waals surface area contributed by atoms with Crippen molar-refractivity contribution in [2.45, 2.75) is 13.0 Å². The zero-order valence-corrected chi connectivity index (χ0v) is 8.69. The van der Waals surface area contributed by atoms with Crippen molar-refractivity contribution < 1.29 is 9.52 Å². The normalized spacial score (nSPS) is 12.9. The maximum absolute atomic E-state index is 8.72. The van der Waals surface area contributed by atoms with Gasteiger partial charge in [0.2, 0.25) is 5.89 Å². The third kappa shape index (κ3) is 2.43. The van der Waals surface area contributed by atoms with Crippen LogP contribution in [0.25, 0.3) is 0 Å². The first-order valence-corrected chi connectivity index (χ1v) is 4.51. The Labute approximate surface area is 82.9 Å². The van der Waals surface area contributed by atoms with Gasteiger partial charge in [-0.05, 0) is 14.0 Å². The highest BCUT2D eigenvalue weighted by molar-refractivity contribution is 5.21. The zero-order valence-electron chi connectivity index (χ0n) is 8.69. The van der Waals surface area contributed by atoms with Crippen molar-refractivity contribution in [3.05, 3.63) is 5.89 Å². The van der Waals surface area contributed by atoms with E-state index in [1.807, 2.05) is 14.0 Å². The van der Waals surface area contributed by atoms with Crippen LogP contribution in [-0.2, 0) is 0 Å². The van der Waals surface area contributed by atoms with Crippen molar-refractivity contribution in [1.29, 1.82) is 0 Å². The Kier molecular flexibility index (Phi) is 3.84. The van der Waals surface area contributed by atoms with Crippen LogP contribution in [-0.4, -0.2) is 42.6 Å². The van der Waals surface area contributed by atoms with Gasteiger partial charge in [-0.15, -0.1) is 5.10 Å². The molecule has 0 aliphatic rings. The van der Waals surface area contributed by atoms with Crippen LogP contribution in [0.4, 0.5) is 6.01 Å². The molecule has 0 aliphatic carbocycles. The van der Waals surface area contributed by atoms with Crippen LogP contribution in [0.5, 0.6) is 0 Å². The third-order valence-corrected chi connectivity index (χ3v) is 2.00. The van der Waals surface area contributed by atoms with E-state index >= 15 is 0 Å². The van der Waals surface area contributed by atoms with Gasteiger partial charge in [-0.3, -0.25) is 0 Å². The van der Waals surface area contributed by atoms with E-state index in [4.69, 9.17) is 9.52 Å². The number of hydrogen-bond acceptors (Lipinski definition) is 6. The fourth-order valence-electron chi connectivity index (χ4n) is 0.925. The van der Waals surface area contributed by atoms with Crippen molar-refractivity contribution in [1.82, 2.24) is 15.5 Å². The highest BCUT2D eigenvalue weighted by Crippen LogP contribution is 2.15. The molecule has 0 amide bonds. The van der Waals surface area contributed by atoms with Crippen LogP contribution in [0.3, 0.4) is 0 Å². The molecule has 6 nitrogen and oxygen atoms in total. The van der Waals surface area contributed by atoms with Gasteiger partial charge in [0.1, 0.15) is 0 Å². The SMILES string of the molecule is CNC(C)c1nnc(N(C)CCO)o1. The Balaban J connectivity index is 2.67. The Hall–Kier alpha value is -1.14. The quantitative estimate of drug-likeness (QED) is 0.684. The highest BCUT2D eigenvalue weighted by atomic mass is 16.4. The molecule has 0 bridgehead atoms. The minimum atomic E-state index is 0.0405. The summed E-state index contributed by atoms with van der Waals surface area (Å²) in [6.07, 6.45) is 0. The first-order valence-electron chi connectivity index (χ1n) is 4.51. The molecule has 6 heteroatoms. The second-order valence-corrected chi connectivity index (χ2v) is 3.08. The number of likely N-dealkylation sites (N-methyl/N-ethyl adjacent to an activating group) is 1. The van der Waals surface area contributed by atoms with E-state index in [-0.39, 0.29) is 12.6 Å². The van der Waals surface area contributed by atoms with Crippen molar-refractivity contribution in [3.63, 3.8) is 0 Å². The summed E-state index contributed by atoms with van der Waals surface area (Å²) in [5.41, 5.74) is 0. The van der Waals surface area contributed by atoms with Crippen molar-refractivity contribution in [2.75, 3.05) is 32.1 Å². The minimum Gasteiger partial charge on any atom is -0.406 e. The predicted octanol–water partition coefficient (Wildman–Crippen LogP) is -0.222. The van der Waals surface area contributed by atoms with Crippen LogP contribution in [0.1, 0.15) is 18.9 Å². The first kappa shape index (κ1) is 10.9. The largest absolute Gasteiger partial charge is 0.406 e. The molecule has 1 rings (SSSR count). The first-order chi connectivity index (χ1) is 6.69. The lowest BCUT2D eigenvalue weighted by molar-refractivity contribution is 0.300. The molecule has 0 saturated heterocycles. The molecule has 0 radical (unpaired) electrons. The molecule has 0 aromatic carbocycles. The van der Waals surface area contributed by atoms with Gasteiger partial charge in [0.05, 0.1) is 12.6 Å². The Morgan fingerprint density at radius 1 is 1.57 bits per heavy atom. The molecule has 1 aromatic rings. The fraction of sp³-hybridized carbons (Fsp3) is 0.750. The van der Waals surface area contributed by atoms with Gasteiger partial charge in [0, 0.05) is 13.6 Å². The number of rotatable bonds is 5. The lowest BCUT2D eigenvalue weighted by Gasteiger charge is -2.11. The highest BCUT2D eigenvalue weighted by Gasteiger charge is 2.13. The van der Waals surface area contributed by atoms with Crippen LogP contribution in [0.2, 0.25) is 0 Å². The molecule has 80 valence electrons. The van der Waals surface area contributed by atoms with E-state index in [1.54, 1.807) is 11.9 Å². The van der Waals surface area contributed by atoms with E-state index in [0.717, 1.165) is 0 Å². The van der Waals surface area contributed by atoms with Gasteiger partial charge in [-0.2, -0.15) is 0 Å². The number of aliphatic hydroxyl groups is 1. The lowest BCUT2D eigenvalue weighted by Crippen LogP contribution is -2.21. The molecule has 2 N–H and O–H groups in total. The van der Waals surface area contributed by atoms with Crippen molar-refractivity contribution in [2.24, 2.45) is 0 Å². The Morgan fingerprint density at radius 2 is 2.29 bits per heavy atom. The number of nitrogens with one attached hydrogen (secondary N) is 1. The second-order valence-electron chi connectivity index (χ2n) is 3.08. The van der Waals surface area contributed by atoms with Crippen LogP contribution in [0, 0.1) is 0 Å². The predicted molar refractivity (Wildman–Crippen MR) is 52.1 cm³/mol. The maximum atomic E-state index is 8.72. The molecule has 0 saturated carbocycles. The summed E-state index contributed by atoms with van der Waals surface area (Å²) in [5.74, 6) is 0.548. The molecule has 14 heavy (non-hydrogen) atoms. The van der Waals surface area contributed by atoms with Gasteiger partial charge in [-0.1, -0.05) is 5.10 Å². The lowest BCUT2D eigenvalue weighted by atomic mass is 10.3. The molecule has 0 fully saturated rings. The molecule has 1 heterocycles. The van der Waals surface area contributed by atoms with Gasteiger partial charge in [0.15, 0.2) is 0 Å². The molecule has 1 unspecified atom stereocenters. The number of aromatic nitrogens is 2. The van der Waals surface area contributed by atoms with E-state index < -0.39 is 0 Å². The maximum Gasteiger partial charge on any atom is 0.318 e. The Bertz CT molecular complexity index is 276. The smallest absolute Gasteiger partial charge is 0.318 e. The molecule has 1 atom stereocenters. The number of aliphatic hydroxyl groups excluding tert-OH is 1. The Morgan fingerprint density at radius 3 is 2.86 bits per heavy atom. The third-order valence-electron chi connectivity index (χ3n) is 2.00. The van der Waals surface area contributed by atoms with Gasteiger partial charge < -0.3 is 19.7 Å². The van der Waals surface area contributed by atoms with E-state index in [0.29, 0.717) is 18.5 Å². The standard InChI is InChI=1S/C8H16N4O2/c1-6(9-2)7-10-11-8(14-7)12(3)4-5-13/h6,9,13H,4-5H2,1-3H3. The topological polar surface area (TPSA) is 74.4 Å². The average molecular weight is 200 g/mol. The summed E-state index contributed by atoms with van der Waals surface area (Å²) in [6.45, 7) is 2.48. The van der Waals surface area contributed by atoms with Gasteiger partial charge in [0.25, 0.3) is 0 Å². The molecular weight excluding hydrogens is 184 g/mol. The monoisotopic (exact) mass is 200 g/mol. The van der Waals surface area contributed by atoms with E-state index in [2.05, 4.69) is 15.5 Å². The summed E-state index contributed by atoms with van der Waals surface area (Å²) in [6, 6.07) is 0.468. The van der Waals surface area contributed by atoms with Crippen molar-refractivity contribution >= 4 is 6.01 Å². The number of nitrogens with zero attached hydrogens (tertiary/aromatic N) is 3. The molecular formula is C8H16N4O2. The van der Waals surface area contributed by atoms with Gasteiger partial charge >= 0.3 is 6.01 Å². The molecule has 1 aromatic heterocycles. The fourth-order valence-corrected chi connectivity index (χ4v) is 0.925. The van der Waals surface area contributed by atoms with Crippen LogP contribution >= 0.6 is 0 Å². The summed E-state index contributed by atoms with van der Waals surface area (Å²) >= 11 is 0. The van der Waals surface area contributed by atoms with E-state index in [1.165, 1.54) is 0 Å². The summed E-state index contributed by atoms with van der Waals surface area (Å²) in [4.78, 5) is 1.71. The summed E-state index contributed by atoms with van der Waals surface area (Å²) in [7, 11) is 3.61. The van der Waals surface area contributed by atoms with Crippen molar-refractivity contribution in [3.8, 4) is 0 Å². The zero-order chi connectivity index (χ0) is 10.6. The second kappa shape index (κ2) is 4.92. The molecule has 0 spiro atoms. The number of anilines is 1. The summed E-state index contributed by atoms with van der Waals surface area (Å²) in [5, 5.41) is 19.5. The van der Waals surface area contributed by atoms with E-state index in [9.17, 15) is 0 Å². The summed E-state index contributed by atoms with van der Waals surface area (Å²) < 4.78 is 5.38.